The third-order valence-electron chi connectivity index (χ3n) is 0.539. The monoisotopic (exact) mass is 88.1 g/mol. The van der Waals surface area contributed by atoms with Crippen molar-refractivity contribution >= 4 is 8.41 Å². The van der Waals surface area contributed by atoms with E-state index in [0.717, 1.165) is 19.6 Å². The van der Waals surface area contributed by atoms with Crippen molar-refractivity contribution in [1.82, 2.24) is 0 Å². The lowest BCUT2D eigenvalue weighted by atomic mass is 10.5. The van der Waals surface area contributed by atoms with Gasteiger partial charge < -0.3 is 0 Å². The highest BCUT2D eigenvalue weighted by atomic mass is 17.2. The third kappa shape index (κ3) is 1.43. The Morgan fingerprint density at radius 2 is 1.50 bits per heavy atom. The molecule has 1 aliphatic rings. The summed E-state index contributed by atoms with van der Waals surface area (Å²) in [6.07, 6.45) is 1.06. The van der Waals surface area contributed by atoms with Crippen LogP contribution in [0.1, 0.15) is 6.42 Å². The van der Waals surface area contributed by atoms with Crippen molar-refractivity contribution in [2.45, 2.75) is 6.42 Å². The van der Waals surface area contributed by atoms with Crippen molar-refractivity contribution in [1.29, 1.82) is 0 Å². The zero-order valence-electron chi connectivity index (χ0n) is 2.94. The Bertz CT molecular complexity index is 20.4. The molecule has 0 radical (unpaired) electrons. The normalized spacial score (nSPS) is 20.0. The van der Waals surface area contributed by atoms with Crippen LogP contribution in [0.15, 0.2) is 0 Å². The first-order valence-electron chi connectivity index (χ1n) is 1.74. The van der Waals surface area contributed by atoms with Gasteiger partial charge in [-0.2, -0.15) is 0 Å². The van der Waals surface area contributed by atoms with Gasteiger partial charge in [0.2, 0.25) is 0 Å². The molecule has 0 aliphatic carbocycles. The van der Waals surface area contributed by atoms with Gasteiger partial charge in [0.05, 0.1) is 21.6 Å². The standard InChI is InChI=1S/C3H6O2.BH3/c1-2-4-5-3-1;/h1-3H2;1H3. The Kier molecular flexibility index (Phi) is 3.18. The van der Waals surface area contributed by atoms with Crippen molar-refractivity contribution in [3.63, 3.8) is 0 Å². The van der Waals surface area contributed by atoms with Gasteiger partial charge in [-0.3, -0.25) is 0 Å². The number of rotatable bonds is 0. The van der Waals surface area contributed by atoms with Gasteiger partial charge in [-0.05, 0) is 0 Å². The molecule has 0 atom stereocenters. The minimum Gasteiger partial charge on any atom is -0.237 e. The van der Waals surface area contributed by atoms with Gasteiger partial charge in [0.1, 0.15) is 0 Å². The van der Waals surface area contributed by atoms with E-state index >= 15 is 0 Å². The van der Waals surface area contributed by atoms with Gasteiger partial charge in [-0.1, -0.05) is 0 Å². The van der Waals surface area contributed by atoms with E-state index in [1.165, 1.54) is 0 Å². The molecule has 1 fully saturated rings. The molecule has 1 rings (SSSR count). The van der Waals surface area contributed by atoms with E-state index in [0.29, 0.717) is 0 Å². The molecule has 0 aromatic carbocycles. The second-order valence-electron chi connectivity index (χ2n) is 0.998. The highest BCUT2D eigenvalue weighted by Crippen LogP contribution is 1.93. The van der Waals surface area contributed by atoms with Gasteiger partial charge in [0, 0.05) is 6.42 Å². The van der Waals surface area contributed by atoms with Crippen LogP contribution in [0.2, 0.25) is 0 Å². The predicted molar refractivity (Wildman–Crippen MR) is 26.5 cm³/mol. The quantitative estimate of drug-likeness (QED) is 0.283. The maximum Gasteiger partial charge on any atom is 0.0845 e. The first kappa shape index (κ1) is 5.98. The predicted octanol–water partition coefficient (Wildman–Crippen LogP) is -0.846. The van der Waals surface area contributed by atoms with Crippen molar-refractivity contribution < 1.29 is 9.78 Å². The minimum atomic E-state index is 0. The molecule has 1 saturated heterocycles. The fourth-order valence-corrected chi connectivity index (χ4v) is 0.295. The summed E-state index contributed by atoms with van der Waals surface area (Å²) in [4.78, 5) is 8.89. The summed E-state index contributed by atoms with van der Waals surface area (Å²) in [5.74, 6) is 0. The Balaban J connectivity index is 0.000000250. The van der Waals surface area contributed by atoms with Crippen LogP contribution in [0.25, 0.3) is 0 Å². The molecular weight excluding hydrogens is 78.8 g/mol. The maximum absolute atomic E-state index is 4.44. The highest BCUT2D eigenvalue weighted by Gasteiger charge is 1.95. The lowest BCUT2D eigenvalue weighted by Crippen LogP contribution is -1.72. The highest BCUT2D eigenvalue weighted by molar-refractivity contribution is 5.75. The van der Waals surface area contributed by atoms with Gasteiger partial charge >= 0.3 is 0 Å². The summed E-state index contributed by atoms with van der Waals surface area (Å²) in [5, 5.41) is 0. The summed E-state index contributed by atoms with van der Waals surface area (Å²) in [6, 6.07) is 0. The second kappa shape index (κ2) is 3.19. The summed E-state index contributed by atoms with van der Waals surface area (Å²) >= 11 is 0. The molecule has 6 heavy (non-hydrogen) atoms. The topological polar surface area (TPSA) is 18.5 Å². The van der Waals surface area contributed by atoms with Crippen LogP contribution in [-0.4, -0.2) is 21.6 Å². The molecule has 3 heteroatoms. The van der Waals surface area contributed by atoms with E-state index in [9.17, 15) is 0 Å². The molecular formula is C3H9BO2. The number of hydrogen-bond acceptors (Lipinski definition) is 2. The molecule has 0 bridgehead atoms. The zero-order chi connectivity index (χ0) is 3.54. The van der Waals surface area contributed by atoms with E-state index in [-0.39, 0.29) is 8.41 Å². The fraction of sp³-hybridized carbons (Fsp3) is 1.00. The van der Waals surface area contributed by atoms with Crippen LogP contribution in [0, 0.1) is 0 Å². The van der Waals surface area contributed by atoms with Crippen LogP contribution in [0.5, 0.6) is 0 Å². The lowest BCUT2D eigenvalue weighted by molar-refractivity contribution is -0.248. The molecule has 0 unspecified atom stereocenters. The van der Waals surface area contributed by atoms with Crippen LogP contribution >= 0.6 is 0 Å². The van der Waals surface area contributed by atoms with Crippen LogP contribution in [0.3, 0.4) is 0 Å². The smallest absolute Gasteiger partial charge is 0.0845 e. The summed E-state index contributed by atoms with van der Waals surface area (Å²) < 4.78 is 0. The zero-order valence-corrected chi connectivity index (χ0v) is 2.94. The van der Waals surface area contributed by atoms with Crippen LogP contribution in [0.4, 0.5) is 0 Å². The van der Waals surface area contributed by atoms with Gasteiger partial charge in [0.15, 0.2) is 0 Å². The van der Waals surface area contributed by atoms with Crippen molar-refractivity contribution in [2.24, 2.45) is 0 Å². The largest absolute Gasteiger partial charge is 0.237 e. The van der Waals surface area contributed by atoms with Crippen molar-refractivity contribution in [2.75, 3.05) is 13.2 Å². The van der Waals surface area contributed by atoms with Crippen molar-refractivity contribution in [3.05, 3.63) is 0 Å². The Morgan fingerprint density at radius 1 is 1.00 bits per heavy atom. The summed E-state index contributed by atoms with van der Waals surface area (Å²) in [5.41, 5.74) is 0. The average molecular weight is 87.9 g/mol. The molecule has 1 heterocycles. The molecule has 0 aromatic rings. The van der Waals surface area contributed by atoms with Gasteiger partial charge in [-0.15, -0.1) is 0 Å². The molecule has 0 N–H and O–H groups in total. The van der Waals surface area contributed by atoms with E-state index in [4.69, 9.17) is 0 Å². The molecule has 0 aromatic heterocycles. The fourth-order valence-electron chi connectivity index (χ4n) is 0.295. The molecule has 0 amide bonds. The molecule has 0 spiro atoms. The Morgan fingerprint density at radius 3 is 1.67 bits per heavy atom. The molecule has 1 aliphatic heterocycles. The molecule has 2 nitrogen and oxygen atoms in total. The summed E-state index contributed by atoms with van der Waals surface area (Å²) in [6.45, 7) is 1.56. The maximum atomic E-state index is 4.44. The lowest BCUT2D eigenvalue weighted by Gasteiger charge is -1.77. The average Bonchev–Trinajstić information content (AvgIpc) is 1.76. The molecule has 0 saturated carbocycles. The third-order valence-corrected chi connectivity index (χ3v) is 0.539. The SMILES string of the molecule is B.C1COOC1. The Labute approximate surface area is 38.9 Å². The molecule has 36 valence electrons. The van der Waals surface area contributed by atoms with E-state index in [1.54, 1.807) is 0 Å². The first-order valence-corrected chi connectivity index (χ1v) is 1.74. The van der Waals surface area contributed by atoms with E-state index < -0.39 is 0 Å². The first-order chi connectivity index (χ1) is 2.50. The second-order valence-corrected chi connectivity index (χ2v) is 0.998. The van der Waals surface area contributed by atoms with Gasteiger partial charge in [0.25, 0.3) is 0 Å². The van der Waals surface area contributed by atoms with Crippen molar-refractivity contribution in [3.8, 4) is 0 Å². The minimum absolute atomic E-state index is 0. The van der Waals surface area contributed by atoms with Crippen LogP contribution < -0.4 is 0 Å². The van der Waals surface area contributed by atoms with Gasteiger partial charge in [-0.25, -0.2) is 9.78 Å². The van der Waals surface area contributed by atoms with Crippen LogP contribution in [-0.2, 0) is 9.78 Å². The van der Waals surface area contributed by atoms with E-state index in [1.807, 2.05) is 0 Å². The number of hydrogen-bond donors (Lipinski definition) is 0. The summed E-state index contributed by atoms with van der Waals surface area (Å²) in [7, 11) is 0. The van der Waals surface area contributed by atoms with E-state index in [2.05, 4.69) is 9.78 Å². The Hall–Kier alpha value is -0.0151.